The number of rotatable bonds is 6. The highest BCUT2D eigenvalue weighted by molar-refractivity contribution is 6.24. The minimum atomic E-state index is -0.682. The predicted molar refractivity (Wildman–Crippen MR) is 51.8 cm³/mol. The zero-order chi connectivity index (χ0) is 12.4. The number of nitrogens with zero attached hydrogens (tertiary/aromatic N) is 2. The van der Waals surface area contributed by atoms with Gasteiger partial charge >= 0.3 is 12.1 Å². The van der Waals surface area contributed by atoms with E-state index in [9.17, 15) is 9.59 Å². The fourth-order valence-corrected chi connectivity index (χ4v) is 0.573. The Morgan fingerprint density at radius 2 is 2.00 bits per heavy atom. The van der Waals surface area contributed by atoms with Crippen molar-refractivity contribution in [1.29, 1.82) is 5.53 Å². The van der Waals surface area contributed by atoms with E-state index in [4.69, 9.17) is 15.7 Å². The van der Waals surface area contributed by atoms with Gasteiger partial charge in [-0.25, -0.2) is 5.43 Å². The third-order valence-corrected chi connectivity index (χ3v) is 1.31. The van der Waals surface area contributed by atoms with E-state index in [1.54, 1.807) is 0 Å². The minimum absolute atomic E-state index is 0.00704. The van der Waals surface area contributed by atoms with Gasteiger partial charge in [-0.3, -0.25) is 9.59 Å². The van der Waals surface area contributed by atoms with E-state index < -0.39 is 25.0 Å². The first-order chi connectivity index (χ1) is 7.63. The molecule has 0 heterocycles. The molecule has 0 aromatic carbocycles. The molecule has 0 saturated heterocycles. The molecule has 9 nitrogen and oxygen atoms in total. The molecule has 0 bridgehead atoms. The molecule has 0 saturated carbocycles. The number of carbonyl (C=O) groups is 2. The Kier molecular flexibility index (Phi) is 7.16. The maximum Gasteiger partial charge on any atom is 0.394 e. The van der Waals surface area contributed by atoms with Crippen LogP contribution in [0.3, 0.4) is 0 Å². The zero-order valence-corrected chi connectivity index (χ0v) is 8.30. The second-order valence-electron chi connectivity index (χ2n) is 2.51. The second kappa shape index (κ2) is 8.24. The molecule has 2 amide bonds. The highest BCUT2D eigenvalue weighted by Gasteiger charge is 2.06. The molecule has 0 aliphatic carbocycles. The molecule has 0 aliphatic rings. The van der Waals surface area contributed by atoms with Gasteiger partial charge in [-0.2, -0.15) is 5.10 Å². The molecule has 5 N–H and O–H groups in total. The lowest BCUT2D eigenvalue weighted by molar-refractivity contribution is -0.133. The number of amides is 2. The number of hydrogen-bond acceptors (Lipinski definition) is 6. The van der Waals surface area contributed by atoms with Gasteiger partial charge in [-0.05, 0) is 0 Å². The van der Waals surface area contributed by atoms with E-state index in [0.717, 1.165) is 0 Å². The molecule has 0 atom stereocenters. The van der Waals surface area contributed by atoms with Crippen LogP contribution in [-0.2, 0) is 9.59 Å². The Labute approximate surface area is 90.4 Å². The van der Waals surface area contributed by atoms with Crippen LogP contribution in [0.1, 0.15) is 0 Å². The quantitative estimate of drug-likeness (QED) is 0.142. The molecule has 9 heteroatoms. The van der Waals surface area contributed by atoms with E-state index in [0.29, 0.717) is 6.21 Å². The second-order valence-corrected chi connectivity index (χ2v) is 2.51. The average molecular weight is 230 g/mol. The summed E-state index contributed by atoms with van der Waals surface area (Å²) in [7, 11) is 0. The van der Waals surface area contributed by atoms with Crippen molar-refractivity contribution in [2.75, 3.05) is 19.8 Å². The maximum atomic E-state index is 11.0. The molecule has 0 aliphatic heterocycles. The van der Waals surface area contributed by atoms with Crippen LogP contribution < -0.4 is 10.7 Å². The van der Waals surface area contributed by atoms with Gasteiger partial charge in [0.1, 0.15) is 0 Å². The molecule has 0 rings (SSSR count). The van der Waals surface area contributed by atoms with Crippen molar-refractivity contribution >= 4 is 23.7 Å². The monoisotopic (exact) mass is 230 g/mol. The molecular formula is C7H12N5O4+. The van der Waals surface area contributed by atoms with Gasteiger partial charge in [-0.15, -0.1) is 0 Å². The van der Waals surface area contributed by atoms with Crippen molar-refractivity contribution in [2.45, 2.75) is 0 Å². The molecular weight excluding hydrogens is 218 g/mol. The summed E-state index contributed by atoms with van der Waals surface area (Å²) in [6.45, 7) is -1.30. The molecule has 0 aromatic heterocycles. The van der Waals surface area contributed by atoms with E-state index in [1.165, 1.54) is 0 Å². The summed E-state index contributed by atoms with van der Waals surface area (Å²) in [6.07, 6.45) is 0.698. The third kappa shape index (κ3) is 6.38. The van der Waals surface area contributed by atoms with Crippen molar-refractivity contribution in [3.8, 4) is 0 Å². The summed E-state index contributed by atoms with van der Waals surface area (Å²) in [5.74, 6) is -1.31. The summed E-state index contributed by atoms with van der Waals surface area (Å²) in [6, 6.07) is 0. The van der Waals surface area contributed by atoms with Gasteiger partial charge in [0.15, 0.2) is 0 Å². The highest BCUT2D eigenvalue weighted by Crippen LogP contribution is 1.73. The maximum absolute atomic E-state index is 11.0. The Morgan fingerprint density at radius 3 is 2.50 bits per heavy atom. The van der Waals surface area contributed by atoms with Crippen LogP contribution in [0, 0.1) is 5.53 Å². The van der Waals surface area contributed by atoms with E-state index in [1.807, 2.05) is 5.43 Å². The average Bonchev–Trinajstić information content (AvgIpc) is 2.28. The van der Waals surface area contributed by atoms with Crippen molar-refractivity contribution < 1.29 is 24.6 Å². The standard InChI is InChI=1S/C7H11N5O4/c8-10-2-6(15)9-1-7(16)12-11-5(3-13)4-14/h2,8,13-14H,1,3-4H2,(H-,9,12,15,16)/p+1. The first kappa shape index (κ1) is 13.9. The van der Waals surface area contributed by atoms with Crippen molar-refractivity contribution in [3.63, 3.8) is 0 Å². The summed E-state index contributed by atoms with van der Waals surface area (Å²) < 4.78 is 0. The van der Waals surface area contributed by atoms with Gasteiger partial charge in [0.25, 0.3) is 5.91 Å². The van der Waals surface area contributed by atoms with Crippen LogP contribution in [0.5, 0.6) is 0 Å². The Balaban J connectivity index is 3.96. The molecule has 0 unspecified atom stereocenters. The molecule has 88 valence electrons. The molecule has 0 fully saturated rings. The Bertz CT molecular complexity index is 328. The SMILES string of the molecule is N=[N+]=CC(=O)NCC(=O)NN=C(CO)CO. The fraction of sp³-hybridized carbons (Fsp3) is 0.429. The van der Waals surface area contributed by atoms with Gasteiger partial charge in [0.2, 0.25) is 0 Å². The summed E-state index contributed by atoms with van der Waals surface area (Å²) in [4.78, 5) is 24.4. The summed E-state index contributed by atoms with van der Waals surface area (Å²) in [5.41, 5.74) is 8.33. The van der Waals surface area contributed by atoms with Crippen LogP contribution in [0.25, 0.3) is 0 Å². The van der Waals surface area contributed by atoms with Gasteiger partial charge in [0, 0.05) is 0 Å². The number of aliphatic hydroxyl groups excluding tert-OH is 2. The highest BCUT2D eigenvalue weighted by atomic mass is 16.3. The minimum Gasteiger partial charge on any atom is -0.390 e. The number of aliphatic hydroxyl groups is 2. The lowest BCUT2D eigenvalue weighted by atomic mass is 10.4. The van der Waals surface area contributed by atoms with Gasteiger partial charge in [-0.1, -0.05) is 0 Å². The molecule has 16 heavy (non-hydrogen) atoms. The molecule has 0 radical (unpaired) electrons. The first-order valence-electron chi connectivity index (χ1n) is 4.17. The normalized spacial score (nSPS) is 8.62. The fourth-order valence-electron chi connectivity index (χ4n) is 0.573. The van der Waals surface area contributed by atoms with Crippen LogP contribution in [-0.4, -0.2) is 58.5 Å². The van der Waals surface area contributed by atoms with Crippen molar-refractivity contribution in [1.82, 2.24) is 10.7 Å². The largest absolute Gasteiger partial charge is 0.394 e. The number of carbonyl (C=O) groups excluding carboxylic acids is 2. The Hall–Kier alpha value is -2.09. The number of nitrogens with one attached hydrogen (secondary N) is 3. The Morgan fingerprint density at radius 1 is 1.38 bits per heavy atom. The van der Waals surface area contributed by atoms with Crippen LogP contribution >= 0.6 is 0 Å². The first-order valence-corrected chi connectivity index (χ1v) is 4.17. The van der Waals surface area contributed by atoms with Crippen LogP contribution in [0.15, 0.2) is 5.10 Å². The van der Waals surface area contributed by atoms with Crippen molar-refractivity contribution in [3.05, 3.63) is 0 Å². The van der Waals surface area contributed by atoms with Crippen molar-refractivity contribution in [2.24, 2.45) is 5.10 Å². The van der Waals surface area contributed by atoms with Crippen LogP contribution in [0.2, 0.25) is 0 Å². The van der Waals surface area contributed by atoms with E-state index in [-0.39, 0.29) is 12.3 Å². The van der Waals surface area contributed by atoms with E-state index in [2.05, 4.69) is 15.2 Å². The van der Waals surface area contributed by atoms with E-state index >= 15 is 0 Å². The smallest absolute Gasteiger partial charge is 0.390 e. The lowest BCUT2D eigenvalue weighted by Crippen LogP contribution is -2.36. The molecule has 0 spiro atoms. The van der Waals surface area contributed by atoms with Crippen LogP contribution in [0.4, 0.5) is 0 Å². The predicted octanol–water partition coefficient (Wildman–Crippen LogP) is -3.13. The summed E-state index contributed by atoms with van der Waals surface area (Å²) in [5, 5.41) is 22.7. The van der Waals surface area contributed by atoms with Gasteiger partial charge < -0.3 is 15.5 Å². The summed E-state index contributed by atoms with van der Waals surface area (Å²) >= 11 is 0. The number of hydrazone groups is 1. The third-order valence-electron chi connectivity index (χ3n) is 1.31. The molecule has 0 aromatic rings. The zero-order valence-electron chi connectivity index (χ0n) is 8.30. The lowest BCUT2D eigenvalue weighted by Gasteiger charge is -2.01. The van der Waals surface area contributed by atoms with Gasteiger partial charge in [0.05, 0.1) is 35.8 Å². The number of hydrogen-bond donors (Lipinski definition) is 5. The topological polar surface area (TPSA) is 149 Å².